The topological polar surface area (TPSA) is 52.6 Å². The SMILES string of the molecule is O=CC1CCC2(CC1=O)OCCO2. The van der Waals surface area contributed by atoms with Gasteiger partial charge >= 0.3 is 0 Å². The minimum absolute atomic E-state index is 0.0526. The number of Topliss-reactive ketones (excluding diaryl/α,β-unsaturated/α-hetero) is 1. The van der Waals surface area contributed by atoms with Crippen molar-refractivity contribution >= 4 is 12.1 Å². The van der Waals surface area contributed by atoms with E-state index in [1.807, 2.05) is 0 Å². The maximum Gasteiger partial charge on any atom is 0.175 e. The van der Waals surface area contributed by atoms with E-state index >= 15 is 0 Å². The molecule has 0 aromatic rings. The highest BCUT2D eigenvalue weighted by atomic mass is 16.7. The summed E-state index contributed by atoms with van der Waals surface area (Å²) < 4.78 is 10.8. The van der Waals surface area contributed by atoms with Crippen LogP contribution in [0.1, 0.15) is 19.3 Å². The maximum atomic E-state index is 11.4. The van der Waals surface area contributed by atoms with E-state index in [0.29, 0.717) is 26.1 Å². The second-order valence-electron chi connectivity index (χ2n) is 3.53. The first-order valence-electron chi connectivity index (χ1n) is 4.52. The molecule has 0 amide bonds. The summed E-state index contributed by atoms with van der Waals surface area (Å²) in [5, 5.41) is 0. The second kappa shape index (κ2) is 3.20. The van der Waals surface area contributed by atoms with Gasteiger partial charge in [-0.25, -0.2) is 0 Å². The molecule has 0 aromatic carbocycles. The van der Waals surface area contributed by atoms with Gasteiger partial charge in [-0.05, 0) is 6.42 Å². The molecule has 0 aromatic heterocycles. The van der Waals surface area contributed by atoms with Crippen molar-refractivity contribution in [2.75, 3.05) is 13.2 Å². The smallest absolute Gasteiger partial charge is 0.175 e. The van der Waals surface area contributed by atoms with Crippen molar-refractivity contribution in [3.8, 4) is 0 Å². The summed E-state index contributed by atoms with van der Waals surface area (Å²) in [6.45, 7) is 1.11. The van der Waals surface area contributed by atoms with Crippen LogP contribution in [0.2, 0.25) is 0 Å². The fourth-order valence-corrected chi connectivity index (χ4v) is 1.91. The molecule has 1 atom stereocenters. The zero-order chi connectivity index (χ0) is 9.31. The van der Waals surface area contributed by atoms with Crippen molar-refractivity contribution < 1.29 is 19.1 Å². The number of hydrogen-bond donors (Lipinski definition) is 0. The largest absolute Gasteiger partial charge is 0.347 e. The van der Waals surface area contributed by atoms with Crippen molar-refractivity contribution in [3.05, 3.63) is 0 Å². The molecule has 2 rings (SSSR count). The molecule has 4 heteroatoms. The molecule has 2 fully saturated rings. The molecular weight excluding hydrogens is 172 g/mol. The fraction of sp³-hybridized carbons (Fsp3) is 0.778. The van der Waals surface area contributed by atoms with Gasteiger partial charge in [-0.15, -0.1) is 0 Å². The molecule has 0 N–H and O–H groups in total. The zero-order valence-corrected chi connectivity index (χ0v) is 7.32. The van der Waals surface area contributed by atoms with E-state index in [2.05, 4.69) is 0 Å². The van der Waals surface area contributed by atoms with Crippen molar-refractivity contribution in [2.24, 2.45) is 5.92 Å². The monoisotopic (exact) mass is 184 g/mol. The standard InChI is InChI=1S/C9H12O4/c10-6-7-1-2-9(5-8(7)11)12-3-4-13-9/h6-7H,1-5H2. The average Bonchev–Trinajstić information content (AvgIpc) is 2.54. The normalized spacial score (nSPS) is 32.3. The van der Waals surface area contributed by atoms with Crippen molar-refractivity contribution in [3.63, 3.8) is 0 Å². The van der Waals surface area contributed by atoms with Crippen LogP contribution in [0.4, 0.5) is 0 Å². The van der Waals surface area contributed by atoms with Gasteiger partial charge in [0, 0.05) is 6.42 Å². The van der Waals surface area contributed by atoms with Crippen LogP contribution in [-0.4, -0.2) is 31.1 Å². The fourth-order valence-electron chi connectivity index (χ4n) is 1.91. The van der Waals surface area contributed by atoms with Crippen molar-refractivity contribution in [1.29, 1.82) is 0 Å². The summed E-state index contributed by atoms with van der Waals surface area (Å²) in [4.78, 5) is 21.9. The van der Waals surface area contributed by atoms with Crippen LogP contribution in [-0.2, 0) is 19.1 Å². The summed E-state index contributed by atoms with van der Waals surface area (Å²) in [5.41, 5.74) is 0. The minimum Gasteiger partial charge on any atom is -0.347 e. The Hall–Kier alpha value is -0.740. The molecule has 1 saturated carbocycles. The summed E-state index contributed by atoms with van der Waals surface area (Å²) in [6.07, 6.45) is 2.17. The first kappa shape index (κ1) is 8.84. The predicted octanol–water partition coefficient (Wildman–Crippen LogP) is 0.298. The average molecular weight is 184 g/mol. The lowest BCUT2D eigenvalue weighted by molar-refractivity contribution is -0.185. The molecule has 4 nitrogen and oxygen atoms in total. The molecule has 1 aliphatic heterocycles. The predicted molar refractivity (Wildman–Crippen MR) is 43.0 cm³/mol. The van der Waals surface area contributed by atoms with E-state index < -0.39 is 11.7 Å². The van der Waals surface area contributed by atoms with Gasteiger partial charge < -0.3 is 14.3 Å². The van der Waals surface area contributed by atoms with Gasteiger partial charge in [-0.1, -0.05) is 0 Å². The molecule has 1 saturated heterocycles. The number of carbonyl (C=O) groups is 2. The van der Waals surface area contributed by atoms with E-state index in [9.17, 15) is 9.59 Å². The van der Waals surface area contributed by atoms with Crippen LogP contribution in [0.3, 0.4) is 0 Å². The minimum atomic E-state index is -0.684. The number of ketones is 1. The van der Waals surface area contributed by atoms with E-state index in [-0.39, 0.29) is 12.2 Å². The van der Waals surface area contributed by atoms with Crippen LogP contribution in [0.15, 0.2) is 0 Å². The quantitative estimate of drug-likeness (QED) is 0.434. The van der Waals surface area contributed by atoms with Gasteiger partial charge in [0.1, 0.15) is 12.1 Å². The first-order valence-corrected chi connectivity index (χ1v) is 4.52. The lowest BCUT2D eigenvalue weighted by atomic mass is 9.85. The number of hydrogen-bond acceptors (Lipinski definition) is 4. The highest BCUT2D eigenvalue weighted by molar-refractivity contribution is 5.94. The molecule has 0 radical (unpaired) electrons. The van der Waals surface area contributed by atoms with E-state index in [1.54, 1.807) is 0 Å². The van der Waals surface area contributed by atoms with Gasteiger partial charge in [0.25, 0.3) is 0 Å². The molecule has 0 bridgehead atoms. The summed E-state index contributed by atoms with van der Waals surface area (Å²) in [6, 6.07) is 0. The Morgan fingerprint density at radius 1 is 1.38 bits per heavy atom. The van der Waals surface area contributed by atoms with Crippen LogP contribution in [0, 0.1) is 5.92 Å². The number of carbonyl (C=O) groups excluding carboxylic acids is 2. The third kappa shape index (κ3) is 1.51. The Morgan fingerprint density at radius 2 is 2.08 bits per heavy atom. The molecular formula is C9H12O4. The second-order valence-corrected chi connectivity index (χ2v) is 3.53. The van der Waals surface area contributed by atoms with Gasteiger partial charge in [0.2, 0.25) is 0 Å². The van der Waals surface area contributed by atoms with Crippen molar-refractivity contribution in [2.45, 2.75) is 25.0 Å². The Bertz CT molecular complexity index is 230. The lowest BCUT2D eigenvalue weighted by Crippen LogP contribution is -2.40. The third-order valence-corrected chi connectivity index (χ3v) is 2.67. The zero-order valence-electron chi connectivity index (χ0n) is 7.32. The molecule has 13 heavy (non-hydrogen) atoms. The highest BCUT2D eigenvalue weighted by Crippen LogP contribution is 2.35. The van der Waals surface area contributed by atoms with E-state index in [0.717, 1.165) is 6.29 Å². The molecule has 1 aliphatic carbocycles. The maximum absolute atomic E-state index is 11.4. The van der Waals surface area contributed by atoms with E-state index in [1.165, 1.54) is 0 Å². The Labute approximate surface area is 76.2 Å². The van der Waals surface area contributed by atoms with Crippen LogP contribution in [0.5, 0.6) is 0 Å². The van der Waals surface area contributed by atoms with Crippen molar-refractivity contribution in [1.82, 2.24) is 0 Å². The molecule has 72 valence electrons. The Morgan fingerprint density at radius 3 is 2.62 bits per heavy atom. The van der Waals surface area contributed by atoms with Gasteiger partial charge in [-0.2, -0.15) is 0 Å². The highest BCUT2D eigenvalue weighted by Gasteiger charge is 2.44. The lowest BCUT2D eigenvalue weighted by Gasteiger charge is -2.32. The Kier molecular flexibility index (Phi) is 2.17. The van der Waals surface area contributed by atoms with E-state index in [4.69, 9.17) is 9.47 Å². The van der Waals surface area contributed by atoms with Crippen LogP contribution in [0.25, 0.3) is 0 Å². The summed E-state index contributed by atoms with van der Waals surface area (Å²) >= 11 is 0. The Balaban J connectivity index is 2.05. The third-order valence-electron chi connectivity index (χ3n) is 2.67. The number of aldehydes is 1. The number of ether oxygens (including phenoxy) is 2. The van der Waals surface area contributed by atoms with Crippen LogP contribution >= 0.6 is 0 Å². The number of rotatable bonds is 1. The van der Waals surface area contributed by atoms with Gasteiger partial charge in [-0.3, -0.25) is 4.79 Å². The summed E-state index contributed by atoms with van der Waals surface area (Å²) in [7, 11) is 0. The van der Waals surface area contributed by atoms with Crippen LogP contribution < -0.4 is 0 Å². The summed E-state index contributed by atoms with van der Waals surface area (Å²) in [5.74, 6) is -1.17. The molecule has 1 heterocycles. The van der Waals surface area contributed by atoms with Gasteiger partial charge in [0.15, 0.2) is 5.79 Å². The molecule has 1 spiro atoms. The van der Waals surface area contributed by atoms with Gasteiger partial charge in [0.05, 0.1) is 25.6 Å². The molecule has 2 aliphatic rings. The molecule has 1 unspecified atom stereocenters. The first-order chi connectivity index (χ1) is 6.26.